The standard InChI is InChI=1S/C15H16O2/c1-15(10-6-5-9-14(15)11-16)17-12-13-7-3-2-4-8-13/h2-11,14H,12H2,1H3. The van der Waals surface area contributed by atoms with Crippen LogP contribution in [0.5, 0.6) is 0 Å². The molecule has 0 fully saturated rings. The molecule has 0 N–H and O–H groups in total. The Balaban J connectivity index is 2.05. The van der Waals surface area contributed by atoms with Crippen LogP contribution < -0.4 is 0 Å². The van der Waals surface area contributed by atoms with Gasteiger partial charge >= 0.3 is 0 Å². The zero-order chi connectivity index (χ0) is 12.1. The number of hydrogen-bond acceptors (Lipinski definition) is 2. The zero-order valence-electron chi connectivity index (χ0n) is 9.87. The summed E-state index contributed by atoms with van der Waals surface area (Å²) in [4.78, 5) is 11.0. The number of aldehydes is 1. The van der Waals surface area contributed by atoms with Crippen molar-refractivity contribution >= 4 is 6.29 Å². The van der Waals surface area contributed by atoms with E-state index in [0.29, 0.717) is 6.61 Å². The van der Waals surface area contributed by atoms with Gasteiger partial charge in [-0.25, -0.2) is 0 Å². The lowest BCUT2D eigenvalue weighted by Gasteiger charge is -2.32. The van der Waals surface area contributed by atoms with Crippen LogP contribution in [0.15, 0.2) is 54.6 Å². The molecule has 2 unspecified atom stereocenters. The lowest BCUT2D eigenvalue weighted by atomic mass is 9.86. The third-order valence-electron chi connectivity index (χ3n) is 3.06. The molecular formula is C15H16O2. The van der Waals surface area contributed by atoms with Gasteiger partial charge in [-0.1, -0.05) is 54.6 Å². The fourth-order valence-electron chi connectivity index (χ4n) is 1.87. The molecule has 2 nitrogen and oxygen atoms in total. The molecule has 0 aliphatic heterocycles. The van der Waals surface area contributed by atoms with E-state index in [-0.39, 0.29) is 5.92 Å². The maximum atomic E-state index is 11.0. The first-order valence-electron chi connectivity index (χ1n) is 5.74. The van der Waals surface area contributed by atoms with Crippen LogP contribution in [0, 0.1) is 5.92 Å². The first-order chi connectivity index (χ1) is 8.24. The van der Waals surface area contributed by atoms with E-state index >= 15 is 0 Å². The summed E-state index contributed by atoms with van der Waals surface area (Å²) in [7, 11) is 0. The zero-order valence-corrected chi connectivity index (χ0v) is 9.87. The molecule has 0 heterocycles. The molecule has 0 radical (unpaired) electrons. The highest BCUT2D eigenvalue weighted by molar-refractivity contribution is 5.61. The van der Waals surface area contributed by atoms with Crippen LogP contribution in [-0.2, 0) is 16.1 Å². The predicted octanol–water partition coefficient (Wildman–Crippen LogP) is 2.90. The minimum atomic E-state index is -0.535. The lowest BCUT2D eigenvalue weighted by Crippen LogP contribution is -2.36. The molecule has 17 heavy (non-hydrogen) atoms. The summed E-state index contributed by atoms with van der Waals surface area (Å²) in [6.45, 7) is 2.45. The first-order valence-corrected chi connectivity index (χ1v) is 5.74. The van der Waals surface area contributed by atoms with Gasteiger partial charge in [0, 0.05) is 0 Å². The van der Waals surface area contributed by atoms with Crippen LogP contribution in [0.1, 0.15) is 12.5 Å². The fraction of sp³-hybridized carbons (Fsp3) is 0.267. The Morgan fingerprint density at radius 2 is 2.06 bits per heavy atom. The molecule has 0 aromatic heterocycles. The first kappa shape index (κ1) is 11.8. The molecule has 88 valence electrons. The Bertz CT molecular complexity index is 433. The van der Waals surface area contributed by atoms with E-state index in [1.165, 1.54) is 0 Å². The van der Waals surface area contributed by atoms with Gasteiger partial charge in [-0.3, -0.25) is 0 Å². The number of carbonyl (C=O) groups is 1. The van der Waals surface area contributed by atoms with Gasteiger partial charge < -0.3 is 9.53 Å². The topological polar surface area (TPSA) is 26.3 Å². The summed E-state index contributed by atoms with van der Waals surface area (Å²) in [5.41, 5.74) is 0.577. The predicted molar refractivity (Wildman–Crippen MR) is 67.5 cm³/mol. The monoisotopic (exact) mass is 228 g/mol. The highest BCUT2D eigenvalue weighted by Crippen LogP contribution is 2.27. The van der Waals surface area contributed by atoms with Crippen molar-refractivity contribution in [3.8, 4) is 0 Å². The van der Waals surface area contributed by atoms with Crippen molar-refractivity contribution < 1.29 is 9.53 Å². The summed E-state index contributed by atoms with van der Waals surface area (Å²) in [5.74, 6) is -0.212. The van der Waals surface area contributed by atoms with Crippen molar-refractivity contribution in [2.45, 2.75) is 19.1 Å². The molecule has 0 amide bonds. The molecule has 1 aliphatic rings. The maximum absolute atomic E-state index is 11.0. The van der Waals surface area contributed by atoms with Crippen LogP contribution in [0.4, 0.5) is 0 Å². The van der Waals surface area contributed by atoms with Gasteiger partial charge in [-0.05, 0) is 12.5 Å². The second-order valence-corrected chi connectivity index (χ2v) is 4.36. The molecule has 0 spiro atoms. The third kappa shape index (κ3) is 2.71. The molecule has 2 atom stereocenters. The van der Waals surface area contributed by atoms with Crippen molar-refractivity contribution in [2.24, 2.45) is 5.92 Å². The summed E-state index contributed by atoms with van der Waals surface area (Å²) in [5, 5.41) is 0. The highest BCUT2D eigenvalue weighted by Gasteiger charge is 2.32. The smallest absolute Gasteiger partial charge is 0.130 e. The minimum Gasteiger partial charge on any atom is -0.365 e. The van der Waals surface area contributed by atoms with Crippen LogP contribution in [-0.4, -0.2) is 11.9 Å². The maximum Gasteiger partial charge on any atom is 0.130 e. The van der Waals surface area contributed by atoms with Crippen LogP contribution in [0.25, 0.3) is 0 Å². The summed E-state index contributed by atoms with van der Waals surface area (Å²) >= 11 is 0. The Hall–Kier alpha value is -1.67. The number of ether oxygens (including phenoxy) is 1. The number of allylic oxidation sites excluding steroid dienone is 2. The highest BCUT2D eigenvalue weighted by atomic mass is 16.5. The number of hydrogen-bond donors (Lipinski definition) is 0. The summed E-state index contributed by atoms with van der Waals surface area (Å²) in [6.07, 6.45) is 8.55. The Labute approximate surface area is 102 Å². The summed E-state index contributed by atoms with van der Waals surface area (Å²) in [6, 6.07) is 9.97. The SMILES string of the molecule is CC1(OCc2ccccc2)C=CC=CC1C=O. The van der Waals surface area contributed by atoms with Crippen LogP contribution in [0.2, 0.25) is 0 Å². The van der Waals surface area contributed by atoms with Gasteiger partial charge in [0.1, 0.15) is 6.29 Å². The van der Waals surface area contributed by atoms with E-state index in [2.05, 4.69) is 0 Å². The summed E-state index contributed by atoms with van der Waals surface area (Å²) < 4.78 is 5.89. The quantitative estimate of drug-likeness (QED) is 0.741. The molecule has 0 bridgehead atoms. The average molecular weight is 228 g/mol. The number of benzene rings is 1. The molecule has 1 aromatic rings. The molecule has 1 aromatic carbocycles. The third-order valence-corrected chi connectivity index (χ3v) is 3.06. The van der Waals surface area contributed by atoms with Crippen LogP contribution in [0.3, 0.4) is 0 Å². The number of carbonyl (C=O) groups excluding carboxylic acids is 1. The normalized spacial score (nSPS) is 27.0. The van der Waals surface area contributed by atoms with Crippen molar-refractivity contribution in [3.05, 3.63) is 60.2 Å². The molecule has 1 aliphatic carbocycles. The van der Waals surface area contributed by atoms with Gasteiger partial charge in [0.15, 0.2) is 0 Å². The van der Waals surface area contributed by atoms with Gasteiger partial charge in [0.2, 0.25) is 0 Å². The Kier molecular flexibility index (Phi) is 3.55. The van der Waals surface area contributed by atoms with Crippen molar-refractivity contribution in [1.29, 1.82) is 0 Å². The fourth-order valence-corrected chi connectivity index (χ4v) is 1.87. The van der Waals surface area contributed by atoms with E-state index in [1.807, 2.05) is 61.6 Å². The molecule has 2 heteroatoms. The van der Waals surface area contributed by atoms with Gasteiger partial charge in [-0.15, -0.1) is 0 Å². The van der Waals surface area contributed by atoms with Gasteiger partial charge in [0.05, 0.1) is 18.1 Å². The molecule has 2 rings (SSSR count). The van der Waals surface area contributed by atoms with Gasteiger partial charge in [0.25, 0.3) is 0 Å². The van der Waals surface area contributed by atoms with Crippen LogP contribution >= 0.6 is 0 Å². The molecule has 0 saturated heterocycles. The van der Waals surface area contributed by atoms with Crippen molar-refractivity contribution in [2.75, 3.05) is 0 Å². The lowest BCUT2D eigenvalue weighted by molar-refractivity contribution is -0.118. The minimum absolute atomic E-state index is 0.212. The number of rotatable bonds is 4. The van der Waals surface area contributed by atoms with Crippen molar-refractivity contribution in [1.82, 2.24) is 0 Å². The second kappa shape index (κ2) is 5.11. The second-order valence-electron chi connectivity index (χ2n) is 4.36. The largest absolute Gasteiger partial charge is 0.365 e. The van der Waals surface area contributed by atoms with E-state index in [4.69, 9.17) is 4.74 Å². The Morgan fingerprint density at radius 3 is 2.76 bits per heavy atom. The van der Waals surface area contributed by atoms with E-state index in [1.54, 1.807) is 0 Å². The van der Waals surface area contributed by atoms with E-state index < -0.39 is 5.60 Å². The van der Waals surface area contributed by atoms with E-state index in [0.717, 1.165) is 11.8 Å². The Morgan fingerprint density at radius 1 is 1.29 bits per heavy atom. The average Bonchev–Trinajstić information content (AvgIpc) is 2.38. The van der Waals surface area contributed by atoms with Crippen molar-refractivity contribution in [3.63, 3.8) is 0 Å². The molecular weight excluding hydrogens is 212 g/mol. The molecule has 0 saturated carbocycles. The van der Waals surface area contributed by atoms with Gasteiger partial charge in [-0.2, -0.15) is 0 Å². The van der Waals surface area contributed by atoms with E-state index in [9.17, 15) is 4.79 Å².